The summed E-state index contributed by atoms with van der Waals surface area (Å²) in [5.74, 6) is 1.78. The fourth-order valence-corrected chi connectivity index (χ4v) is 4.15. The molecule has 2 rings (SSSR count). The lowest BCUT2D eigenvalue weighted by Gasteiger charge is -2.36. The molecule has 8 nitrogen and oxygen atoms in total. The van der Waals surface area contributed by atoms with E-state index in [-0.39, 0.29) is 6.09 Å². The van der Waals surface area contributed by atoms with Crippen molar-refractivity contribution in [1.29, 1.82) is 0 Å². The molecule has 2 fully saturated rings. The second-order valence-corrected chi connectivity index (χ2v) is 9.99. The van der Waals surface area contributed by atoms with Gasteiger partial charge in [-0.25, -0.2) is 4.79 Å². The molecule has 180 valence electrons. The number of aliphatic imine (C=N–C) groups is 1. The fourth-order valence-electron chi connectivity index (χ4n) is 4.15. The van der Waals surface area contributed by atoms with Gasteiger partial charge in [-0.05, 0) is 52.4 Å². The van der Waals surface area contributed by atoms with E-state index in [1.807, 2.05) is 25.7 Å². The van der Waals surface area contributed by atoms with Gasteiger partial charge < -0.3 is 25.0 Å². The van der Waals surface area contributed by atoms with Gasteiger partial charge in [0, 0.05) is 45.3 Å². The number of hydrogen-bond acceptors (Lipinski definition) is 5. The third-order valence-electron chi connectivity index (χ3n) is 5.79. The monoisotopic (exact) mass is 439 g/mol. The third-order valence-corrected chi connectivity index (χ3v) is 5.79. The van der Waals surface area contributed by atoms with Crippen LogP contribution in [0.25, 0.3) is 0 Å². The molecule has 0 saturated carbocycles. The Morgan fingerprint density at radius 2 is 1.90 bits per heavy atom. The summed E-state index contributed by atoms with van der Waals surface area (Å²) in [6, 6.07) is 0.414. The Kier molecular flexibility index (Phi) is 10.4. The number of nitrogens with one attached hydrogen (secondary N) is 2. The van der Waals surface area contributed by atoms with Crippen molar-refractivity contribution in [2.75, 3.05) is 59.0 Å². The number of morpholine rings is 1. The van der Waals surface area contributed by atoms with Gasteiger partial charge in [0.1, 0.15) is 5.60 Å². The largest absolute Gasteiger partial charge is 0.444 e. The number of ether oxygens (including phenoxy) is 2. The predicted octanol–water partition coefficient (Wildman–Crippen LogP) is 2.55. The van der Waals surface area contributed by atoms with Gasteiger partial charge in [0.15, 0.2) is 5.96 Å². The van der Waals surface area contributed by atoms with E-state index < -0.39 is 5.60 Å². The van der Waals surface area contributed by atoms with Crippen LogP contribution in [0.3, 0.4) is 0 Å². The van der Waals surface area contributed by atoms with E-state index >= 15 is 0 Å². The highest BCUT2D eigenvalue weighted by Crippen LogP contribution is 2.19. The Balaban J connectivity index is 1.89. The number of guanidine groups is 1. The first kappa shape index (κ1) is 25.7. The highest BCUT2D eigenvalue weighted by Gasteiger charge is 2.28. The summed E-state index contributed by atoms with van der Waals surface area (Å²) in [7, 11) is 0. The second kappa shape index (κ2) is 12.5. The van der Waals surface area contributed by atoms with Crippen molar-refractivity contribution in [3.8, 4) is 0 Å². The normalized spacial score (nSPS) is 22.4. The summed E-state index contributed by atoms with van der Waals surface area (Å²) in [6.07, 6.45) is 1.91. The Bertz CT molecular complexity index is 570. The molecule has 0 aromatic heterocycles. The minimum absolute atomic E-state index is 0.205. The van der Waals surface area contributed by atoms with Crippen LogP contribution in [0, 0.1) is 11.8 Å². The highest BCUT2D eigenvalue weighted by molar-refractivity contribution is 5.79. The molecule has 2 aliphatic heterocycles. The second-order valence-electron chi connectivity index (χ2n) is 9.99. The van der Waals surface area contributed by atoms with E-state index in [1.165, 1.54) is 0 Å². The smallest absolute Gasteiger partial charge is 0.410 e. The molecule has 0 radical (unpaired) electrons. The molecule has 2 heterocycles. The molecule has 8 heteroatoms. The van der Waals surface area contributed by atoms with E-state index in [1.54, 1.807) is 0 Å². The van der Waals surface area contributed by atoms with Gasteiger partial charge in [0.2, 0.25) is 0 Å². The average Bonchev–Trinajstić information content (AvgIpc) is 2.71. The SMILES string of the molecule is CCNC(=NCC(C(C)C)N1CCOCC1)NCC1CCCN(C(=O)OC(C)(C)C)C1. The molecule has 2 aliphatic rings. The summed E-state index contributed by atoms with van der Waals surface area (Å²) in [5, 5.41) is 6.89. The van der Waals surface area contributed by atoms with Gasteiger partial charge in [-0.15, -0.1) is 0 Å². The minimum atomic E-state index is -0.458. The van der Waals surface area contributed by atoms with E-state index in [0.29, 0.717) is 17.9 Å². The lowest BCUT2D eigenvalue weighted by Crippen LogP contribution is -2.49. The molecule has 2 N–H and O–H groups in total. The first-order chi connectivity index (χ1) is 14.7. The summed E-state index contributed by atoms with van der Waals surface area (Å²) in [5.41, 5.74) is -0.458. The predicted molar refractivity (Wildman–Crippen MR) is 126 cm³/mol. The van der Waals surface area contributed by atoms with Gasteiger partial charge in [-0.2, -0.15) is 0 Å². The van der Waals surface area contributed by atoms with Crippen molar-refractivity contribution in [3.05, 3.63) is 0 Å². The third kappa shape index (κ3) is 9.23. The Labute approximate surface area is 189 Å². The van der Waals surface area contributed by atoms with Crippen LogP contribution in [0.1, 0.15) is 54.4 Å². The molecule has 0 aliphatic carbocycles. The molecule has 2 unspecified atom stereocenters. The fraction of sp³-hybridized carbons (Fsp3) is 0.913. The number of carbonyl (C=O) groups is 1. The number of nitrogens with zero attached hydrogens (tertiary/aromatic N) is 3. The summed E-state index contributed by atoms with van der Waals surface area (Å²) < 4.78 is 11.1. The van der Waals surface area contributed by atoms with Gasteiger partial charge in [-0.1, -0.05) is 13.8 Å². The maximum atomic E-state index is 12.4. The molecule has 2 saturated heterocycles. The van der Waals surface area contributed by atoms with Gasteiger partial charge >= 0.3 is 6.09 Å². The zero-order valence-corrected chi connectivity index (χ0v) is 20.6. The van der Waals surface area contributed by atoms with Crippen LogP contribution in [0.5, 0.6) is 0 Å². The quantitative estimate of drug-likeness (QED) is 0.469. The number of amides is 1. The van der Waals surface area contributed by atoms with Gasteiger partial charge in [0.05, 0.1) is 19.8 Å². The van der Waals surface area contributed by atoms with Crippen molar-refractivity contribution in [1.82, 2.24) is 20.4 Å². The standard InChI is InChI=1S/C23H45N5O3/c1-7-24-21(26-16-20(18(2)3)27-11-13-30-14-12-27)25-15-19-9-8-10-28(17-19)22(29)31-23(4,5)6/h18-20H,7-17H2,1-6H3,(H2,24,25,26). The number of likely N-dealkylation sites (tertiary alicyclic amines) is 1. The molecule has 0 bridgehead atoms. The zero-order valence-electron chi connectivity index (χ0n) is 20.6. The molecule has 2 atom stereocenters. The van der Waals surface area contributed by atoms with E-state index in [9.17, 15) is 4.79 Å². The maximum absolute atomic E-state index is 12.4. The van der Waals surface area contributed by atoms with Crippen molar-refractivity contribution in [3.63, 3.8) is 0 Å². The Hall–Kier alpha value is -1.54. The van der Waals surface area contributed by atoms with Crippen LogP contribution in [0.15, 0.2) is 4.99 Å². The molecular formula is C23H45N5O3. The number of hydrogen-bond donors (Lipinski definition) is 2. The van der Waals surface area contributed by atoms with Crippen molar-refractivity contribution in [2.24, 2.45) is 16.8 Å². The summed E-state index contributed by atoms with van der Waals surface area (Å²) in [4.78, 5) is 21.7. The molecular weight excluding hydrogens is 394 g/mol. The average molecular weight is 440 g/mol. The minimum Gasteiger partial charge on any atom is -0.444 e. The number of piperidine rings is 1. The lowest BCUT2D eigenvalue weighted by atomic mass is 9.98. The van der Waals surface area contributed by atoms with Crippen LogP contribution in [0.2, 0.25) is 0 Å². The maximum Gasteiger partial charge on any atom is 0.410 e. The first-order valence-electron chi connectivity index (χ1n) is 12.0. The van der Waals surface area contributed by atoms with E-state index in [4.69, 9.17) is 14.5 Å². The highest BCUT2D eigenvalue weighted by atomic mass is 16.6. The van der Waals surface area contributed by atoms with Crippen LogP contribution < -0.4 is 10.6 Å². The molecule has 0 spiro atoms. The van der Waals surface area contributed by atoms with Gasteiger partial charge in [0.25, 0.3) is 0 Å². The van der Waals surface area contributed by atoms with Crippen LogP contribution >= 0.6 is 0 Å². The van der Waals surface area contributed by atoms with Crippen LogP contribution in [-0.4, -0.2) is 92.5 Å². The van der Waals surface area contributed by atoms with E-state index in [0.717, 1.165) is 77.8 Å². The topological polar surface area (TPSA) is 78.4 Å². The zero-order chi connectivity index (χ0) is 22.9. The number of carbonyl (C=O) groups excluding carboxylic acids is 1. The first-order valence-corrected chi connectivity index (χ1v) is 12.0. The number of rotatable bonds is 7. The van der Waals surface area contributed by atoms with E-state index in [2.05, 4.69) is 36.3 Å². The van der Waals surface area contributed by atoms with Gasteiger partial charge in [-0.3, -0.25) is 9.89 Å². The van der Waals surface area contributed by atoms with Crippen LogP contribution in [0.4, 0.5) is 4.79 Å². The summed E-state index contributed by atoms with van der Waals surface area (Å²) >= 11 is 0. The van der Waals surface area contributed by atoms with Crippen molar-refractivity contribution in [2.45, 2.75) is 66.0 Å². The molecule has 1 amide bonds. The summed E-state index contributed by atoms with van der Waals surface area (Å²) in [6.45, 7) is 19.8. The molecule has 31 heavy (non-hydrogen) atoms. The molecule has 0 aromatic carbocycles. The molecule has 0 aromatic rings. The van der Waals surface area contributed by atoms with Crippen molar-refractivity contribution < 1.29 is 14.3 Å². The Morgan fingerprint density at radius 3 is 2.52 bits per heavy atom. The van der Waals surface area contributed by atoms with Crippen molar-refractivity contribution >= 4 is 12.1 Å². The van der Waals surface area contributed by atoms with Crippen LogP contribution in [-0.2, 0) is 9.47 Å². The lowest BCUT2D eigenvalue weighted by molar-refractivity contribution is 0.00867. The Morgan fingerprint density at radius 1 is 1.19 bits per heavy atom.